The largest absolute Gasteiger partial charge is 0.493 e. The van der Waals surface area contributed by atoms with Gasteiger partial charge in [0, 0.05) is 12.1 Å². The van der Waals surface area contributed by atoms with Crippen LogP contribution in [-0.2, 0) is 6.54 Å². The fourth-order valence-corrected chi connectivity index (χ4v) is 2.23. The number of aromatic nitrogens is 2. The van der Waals surface area contributed by atoms with E-state index in [-0.39, 0.29) is 5.69 Å². The first-order valence-corrected chi connectivity index (χ1v) is 7.11. The summed E-state index contributed by atoms with van der Waals surface area (Å²) in [7, 11) is 0. The summed E-state index contributed by atoms with van der Waals surface area (Å²) in [5.41, 5.74) is 2.74. The number of hydrogen-bond donors (Lipinski definition) is 1. The highest BCUT2D eigenvalue weighted by Crippen LogP contribution is 2.30. The van der Waals surface area contributed by atoms with Gasteiger partial charge in [-0.25, -0.2) is 4.79 Å². The van der Waals surface area contributed by atoms with Crippen molar-refractivity contribution in [3.05, 3.63) is 35.5 Å². The molecular formula is C16H20N2O3. The molecule has 1 aromatic heterocycles. The van der Waals surface area contributed by atoms with Gasteiger partial charge in [-0.2, -0.15) is 5.10 Å². The van der Waals surface area contributed by atoms with Gasteiger partial charge < -0.3 is 9.84 Å². The van der Waals surface area contributed by atoms with Crippen molar-refractivity contribution in [2.75, 3.05) is 6.61 Å². The lowest BCUT2D eigenvalue weighted by Crippen LogP contribution is -2.09. The molecule has 0 radical (unpaired) electrons. The van der Waals surface area contributed by atoms with E-state index in [0.717, 1.165) is 23.3 Å². The molecule has 0 aliphatic heterocycles. The molecule has 1 heterocycles. The molecular weight excluding hydrogens is 268 g/mol. The molecule has 5 nitrogen and oxygen atoms in total. The molecule has 0 atom stereocenters. The van der Waals surface area contributed by atoms with E-state index in [9.17, 15) is 9.90 Å². The lowest BCUT2D eigenvalue weighted by molar-refractivity contribution is 0.0683. The second kappa shape index (κ2) is 6.43. The SMILES string of the molecule is CCCn1nc(-c2cc(C)ccc2OCC)cc1C(=O)O. The van der Waals surface area contributed by atoms with Crippen LogP contribution in [0.2, 0.25) is 0 Å². The van der Waals surface area contributed by atoms with E-state index < -0.39 is 5.97 Å². The quantitative estimate of drug-likeness (QED) is 0.885. The number of ether oxygens (including phenoxy) is 1. The van der Waals surface area contributed by atoms with Crippen LogP contribution in [-0.4, -0.2) is 27.5 Å². The van der Waals surface area contributed by atoms with Crippen LogP contribution in [0.1, 0.15) is 36.3 Å². The number of rotatable bonds is 6. The van der Waals surface area contributed by atoms with Gasteiger partial charge in [-0.3, -0.25) is 4.68 Å². The summed E-state index contributed by atoms with van der Waals surface area (Å²) in [5.74, 6) is -0.242. The minimum Gasteiger partial charge on any atom is -0.493 e. The Bertz CT molecular complexity index is 647. The van der Waals surface area contributed by atoms with Gasteiger partial charge in [0.05, 0.1) is 12.3 Å². The third kappa shape index (κ3) is 3.24. The fourth-order valence-electron chi connectivity index (χ4n) is 2.23. The molecule has 112 valence electrons. The zero-order chi connectivity index (χ0) is 15.4. The lowest BCUT2D eigenvalue weighted by atomic mass is 10.1. The molecule has 1 aromatic carbocycles. The van der Waals surface area contributed by atoms with Crippen molar-refractivity contribution in [3.8, 4) is 17.0 Å². The molecule has 0 aliphatic carbocycles. The maximum Gasteiger partial charge on any atom is 0.354 e. The van der Waals surface area contributed by atoms with Gasteiger partial charge >= 0.3 is 5.97 Å². The molecule has 5 heteroatoms. The number of carboxylic acids is 1. The molecule has 2 rings (SSSR count). The third-order valence-corrected chi connectivity index (χ3v) is 3.15. The number of hydrogen-bond acceptors (Lipinski definition) is 3. The molecule has 0 unspecified atom stereocenters. The van der Waals surface area contributed by atoms with Gasteiger partial charge in [-0.05, 0) is 38.5 Å². The Morgan fingerprint density at radius 3 is 2.71 bits per heavy atom. The highest BCUT2D eigenvalue weighted by molar-refractivity contribution is 5.87. The lowest BCUT2D eigenvalue weighted by Gasteiger charge is -2.09. The highest BCUT2D eigenvalue weighted by atomic mass is 16.5. The Kier molecular flexibility index (Phi) is 4.62. The summed E-state index contributed by atoms with van der Waals surface area (Å²) in [6.45, 7) is 7.03. The maximum atomic E-state index is 11.3. The summed E-state index contributed by atoms with van der Waals surface area (Å²) >= 11 is 0. The third-order valence-electron chi connectivity index (χ3n) is 3.15. The van der Waals surface area contributed by atoms with Crippen molar-refractivity contribution in [1.29, 1.82) is 0 Å². The van der Waals surface area contributed by atoms with Crippen molar-refractivity contribution in [2.24, 2.45) is 0 Å². The van der Waals surface area contributed by atoms with Crippen molar-refractivity contribution in [3.63, 3.8) is 0 Å². The normalized spacial score (nSPS) is 10.6. The molecule has 0 saturated heterocycles. The zero-order valence-corrected chi connectivity index (χ0v) is 12.6. The Balaban J connectivity index is 2.53. The first kappa shape index (κ1) is 15.1. The molecule has 0 saturated carbocycles. The molecule has 0 aliphatic rings. The van der Waals surface area contributed by atoms with Gasteiger partial charge in [0.25, 0.3) is 0 Å². The predicted molar refractivity (Wildman–Crippen MR) is 80.8 cm³/mol. The molecule has 0 fully saturated rings. The number of aromatic carboxylic acids is 1. The van der Waals surface area contributed by atoms with E-state index in [1.54, 1.807) is 6.07 Å². The van der Waals surface area contributed by atoms with Crippen LogP contribution in [0.25, 0.3) is 11.3 Å². The smallest absolute Gasteiger partial charge is 0.354 e. The monoisotopic (exact) mass is 288 g/mol. The summed E-state index contributed by atoms with van der Waals surface area (Å²) < 4.78 is 7.16. The second-order valence-corrected chi connectivity index (χ2v) is 4.88. The predicted octanol–water partition coefficient (Wildman–Crippen LogP) is 3.37. The van der Waals surface area contributed by atoms with Crippen molar-refractivity contribution in [2.45, 2.75) is 33.7 Å². The Hall–Kier alpha value is -2.30. The number of carboxylic acid groups (broad SMARTS) is 1. The van der Waals surface area contributed by atoms with Gasteiger partial charge in [0.1, 0.15) is 11.4 Å². The molecule has 21 heavy (non-hydrogen) atoms. The minimum atomic E-state index is -0.965. The van der Waals surface area contributed by atoms with E-state index in [0.29, 0.717) is 18.8 Å². The standard InChI is InChI=1S/C16H20N2O3/c1-4-8-18-14(16(19)20)10-13(17-18)12-9-11(3)6-7-15(12)21-5-2/h6-7,9-10H,4-5,8H2,1-3H3,(H,19,20). The second-order valence-electron chi connectivity index (χ2n) is 4.88. The number of nitrogens with zero attached hydrogens (tertiary/aromatic N) is 2. The number of carbonyl (C=O) groups is 1. The molecule has 0 spiro atoms. The summed E-state index contributed by atoms with van der Waals surface area (Å²) in [4.78, 5) is 11.3. The van der Waals surface area contributed by atoms with Gasteiger partial charge in [-0.15, -0.1) is 0 Å². The van der Waals surface area contributed by atoms with Gasteiger partial charge in [-0.1, -0.05) is 18.6 Å². The van der Waals surface area contributed by atoms with Gasteiger partial charge in [0.2, 0.25) is 0 Å². The summed E-state index contributed by atoms with van der Waals surface area (Å²) in [6.07, 6.45) is 0.827. The van der Waals surface area contributed by atoms with Crippen molar-refractivity contribution in [1.82, 2.24) is 9.78 Å². The maximum absolute atomic E-state index is 11.3. The van der Waals surface area contributed by atoms with Gasteiger partial charge in [0.15, 0.2) is 0 Å². The van der Waals surface area contributed by atoms with Crippen LogP contribution < -0.4 is 4.74 Å². The average molecular weight is 288 g/mol. The van der Waals surface area contributed by atoms with Crippen LogP contribution in [0.5, 0.6) is 5.75 Å². The van der Waals surface area contributed by atoms with Crippen LogP contribution in [0.3, 0.4) is 0 Å². The van der Waals surface area contributed by atoms with Crippen LogP contribution in [0.4, 0.5) is 0 Å². The molecule has 1 N–H and O–H groups in total. The minimum absolute atomic E-state index is 0.204. The van der Waals surface area contributed by atoms with Crippen LogP contribution in [0, 0.1) is 6.92 Å². The van der Waals surface area contributed by atoms with E-state index in [1.807, 2.05) is 39.0 Å². The Morgan fingerprint density at radius 2 is 2.10 bits per heavy atom. The highest BCUT2D eigenvalue weighted by Gasteiger charge is 2.17. The first-order valence-electron chi connectivity index (χ1n) is 7.11. The summed E-state index contributed by atoms with van der Waals surface area (Å²) in [5, 5.41) is 13.7. The Morgan fingerprint density at radius 1 is 1.33 bits per heavy atom. The molecule has 0 amide bonds. The number of aryl methyl sites for hydroxylation is 2. The van der Waals surface area contributed by atoms with E-state index in [4.69, 9.17) is 4.74 Å². The molecule has 2 aromatic rings. The Labute approximate surface area is 124 Å². The zero-order valence-electron chi connectivity index (χ0n) is 12.6. The van der Waals surface area contributed by atoms with Crippen molar-refractivity contribution < 1.29 is 14.6 Å². The van der Waals surface area contributed by atoms with Crippen LogP contribution >= 0.6 is 0 Å². The first-order chi connectivity index (χ1) is 10.1. The average Bonchev–Trinajstić information content (AvgIpc) is 2.85. The molecule has 0 bridgehead atoms. The van der Waals surface area contributed by atoms with E-state index in [1.165, 1.54) is 4.68 Å². The van der Waals surface area contributed by atoms with Crippen molar-refractivity contribution >= 4 is 5.97 Å². The fraction of sp³-hybridized carbons (Fsp3) is 0.375. The number of benzene rings is 1. The summed E-state index contributed by atoms with van der Waals surface area (Å²) in [6, 6.07) is 7.44. The van der Waals surface area contributed by atoms with E-state index >= 15 is 0 Å². The van der Waals surface area contributed by atoms with E-state index in [2.05, 4.69) is 5.10 Å². The van der Waals surface area contributed by atoms with Crippen LogP contribution in [0.15, 0.2) is 24.3 Å². The topological polar surface area (TPSA) is 64.4 Å².